The summed E-state index contributed by atoms with van der Waals surface area (Å²) in [4.78, 5) is 4.08. The first kappa shape index (κ1) is 14.2. The third-order valence-electron chi connectivity index (χ3n) is 4.28. The molecule has 0 radical (unpaired) electrons. The maximum atomic E-state index is 13.9. The lowest BCUT2D eigenvalue weighted by Gasteiger charge is -2.26. The van der Waals surface area contributed by atoms with Crippen LogP contribution in [0.1, 0.15) is 43.8 Å². The Kier molecular flexibility index (Phi) is 4.01. The third kappa shape index (κ3) is 2.83. The molecule has 112 valence electrons. The molecule has 1 fully saturated rings. The van der Waals surface area contributed by atoms with Crippen molar-refractivity contribution in [2.45, 2.75) is 44.3 Å². The summed E-state index contributed by atoms with van der Waals surface area (Å²) in [5, 5.41) is 3.39. The molecule has 1 N–H and O–H groups in total. The summed E-state index contributed by atoms with van der Waals surface area (Å²) in [7, 11) is 0. The van der Waals surface area contributed by atoms with E-state index >= 15 is 0 Å². The van der Waals surface area contributed by atoms with Crippen molar-refractivity contribution in [1.29, 1.82) is 0 Å². The maximum Gasteiger partial charge on any atom is 0.130 e. The Morgan fingerprint density at radius 3 is 2.71 bits per heavy atom. The van der Waals surface area contributed by atoms with E-state index in [1.807, 2.05) is 13.1 Å². The number of nitrogens with one attached hydrogen (secondary N) is 1. The fraction of sp³-hybridized carbons (Fsp3) is 0.438. The summed E-state index contributed by atoms with van der Waals surface area (Å²) in [6.45, 7) is 1.81. The van der Waals surface area contributed by atoms with Gasteiger partial charge in [-0.15, -0.1) is 0 Å². The molecular weight excluding hydrogens is 272 g/mol. The molecule has 1 heterocycles. The lowest BCUT2D eigenvalue weighted by Crippen LogP contribution is -2.36. The highest BCUT2D eigenvalue weighted by Gasteiger charge is 2.30. The molecule has 1 saturated carbocycles. The van der Waals surface area contributed by atoms with Gasteiger partial charge in [-0.05, 0) is 38.3 Å². The van der Waals surface area contributed by atoms with Gasteiger partial charge in [0.1, 0.15) is 11.6 Å². The van der Waals surface area contributed by atoms with E-state index in [1.54, 1.807) is 12.5 Å². The second kappa shape index (κ2) is 5.93. The highest BCUT2D eigenvalue weighted by molar-refractivity contribution is 5.23. The van der Waals surface area contributed by atoms with E-state index < -0.39 is 11.6 Å². The van der Waals surface area contributed by atoms with Crippen LogP contribution in [0.4, 0.5) is 8.78 Å². The lowest BCUT2D eigenvalue weighted by molar-refractivity contribution is 0.353. The minimum atomic E-state index is -0.493. The summed E-state index contributed by atoms with van der Waals surface area (Å²) in [6, 6.07) is 4.14. The van der Waals surface area contributed by atoms with Crippen molar-refractivity contribution in [1.82, 2.24) is 14.9 Å². The van der Waals surface area contributed by atoms with Crippen LogP contribution < -0.4 is 5.32 Å². The van der Waals surface area contributed by atoms with E-state index in [9.17, 15) is 8.78 Å². The summed E-state index contributed by atoms with van der Waals surface area (Å²) < 4.78 is 29.8. The van der Waals surface area contributed by atoms with Crippen LogP contribution in [0.3, 0.4) is 0 Å². The number of benzene rings is 1. The quantitative estimate of drug-likeness (QED) is 0.932. The van der Waals surface area contributed by atoms with Crippen LogP contribution in [0, 0.1) is 11.6 Å². The molecule has 0 amide bonds. The zero-order valence-electron chi connectivity index (χ0n) is 12.0. The van der Waals surface area contributed by atoms with E-state index in [4.69, 9.17) is 0 Å². The molecule has 0 spiro atoms. The Morgan fingerprint density at radius 1 is 1.29 bits per heavy atom. The van der Waals surface area contributed by atoms with Gasteiger partial charge in [-0.25, -0.2) is 13.8 Å². The van der Waals surface area contributed by atoms with Crippen LogP contribution in [-0.2, 0) is 0 Å². The highest BCUT2D eigenvalue weighted by Crippen LogP contribution is 2.32. The molecule has 1 aliphatic rings. The second-order valence-electron chi connectivity index (χ2n) is 5.64. The van der Waals surface area contributed by atoms with Crippen molar-refractivity contribution in [2.75, 3.05) is 0 Å². The number of hydrogen-bond acceptors (Lipinski definition) is 2. The summed E-state index contributed by atoms with van der Waals surface area (Å²) in [5.74, 6) is -0.987. The number of halogens is 2. The number of rotatable bonds is 4. The largest absolute Gasteiger partial charge is 0.333 e. The topological polar surface area (TPSA) is 29.9 Å². The Hall–Kier alpha value is -1.75. The molecule has 0 bridgehead atoms. The highest BCUT2D eigenvalue weighted by atomic mass is 19.1. The van der Waals surface area contributed by atoms with E-state index in [-0.39, 0.29) is 17.6 Å². The van der Waals surface area contributed by atoms with E-state index in [2.05, 4.69) is 14.9 Å². The van der Waals surface area contributed by atoms with Gasteiger partial charge < -0.3 is 9.88 Å². The van der Waals surface area contributed by atoms with Gasteiger partial charge in [0, 0.05) is 36.1 Å². The molecule has 0 aliphatic heterocycles. The molecule has 21 heavy (non-hydrogen) atoms. The molecule has 5 heteroatoms. The van der Waals surface area contributed by atoms with Crippen LogP contribution >= 0.6 is 0 Å². The van der Waals surface area contributed by atoms with Crippen molar-refractivity contribution in [3.8, 4) is 0 Å². The molecule has 3 unspecified atom stereocenters. The Morgan fingerprint density at radius 2 is 2.05 bits per heavy atom. The van der Waals surface area contributed by atoms with Gasteiger partial charge in [-0.2, -0.15) is 0 Å². The van der Waals surface area contributed by atoms with Crippen molar-refractivity contribution >= 4 is 0 Å². The summed E-state index contributed by atoms with van der Waals surface area (Å²) in [6.07, 6.45) is 8.67. The zero-order chi connectivity index (χ0) is 14.8. The first-order valence-electron chi connectivity index (χ1n) is 7.34. The molecule has 3 rings (SSSR count). The van der Waals surface area contributed by atoms with Gasteiger partial charge in [0.2, 0.25) is 0 Å². The van der Waals surface area contributed by atoms with Crippen LogP contribution in [0.2, 0.25) is 0 Å². The number of hydrogen-bond donors (Lipinski definition) is 1. The van der Waals surface area contributed by atoms with Crippen LogP contribution in [0.25, 0.3) is 0 Å². The molecule has 1 aromatic heterocycles. The predicted molar refractivity (Wildman–Crippen MR) is 76.8 cm³/mol. The van der Waals surface area contributed by atoms with Crippen LogP contribution in [-0.4, -0.2) is 15.6 Å². The van der Waals surface area contributed by atoms with Gasteiger partial charge in [0.15, 0.2) is 0 Å². The van der Waals surface area contributed by atoms with Gasteiger partial charge in [-0.1, -0.05) is 6.07 Å². The minimum absolute atomic E-state index is 0.119. The van der Waals surface area contributed by atoms with Crippen LogP contribution in [0.5, 0.6) is 0 Å². The fourth-order valence-electron chi connectivity index (χ4n) is 3.29. The molecule has 1 aromatic carbocycles. The smallest absolute Gasteiger partial charge is 0.130 e. The van der Waals surface area contributed by atoms with Crippen molar-refractivity contribution in [2.24, 2.45) is 0 Å². The lowest BCUT2D eigenvalue weighted by atomic mass is 10.0. The minimum Gasteiger partial charge on any atom is -0.333 e. The molecule has 0 saturated heterocycles. The van der Waals surface area contributed by atoms with E-state index in [1.165, 1.54) is 18.2 Å². The standard InChI is InChI=1S/C16H19F2N3/c1-11(16-12(17)4-2-5-13(16)18)20-14-6-3-7-15(14)21-9-8-19-10-21/h2,4-5,8-11,14-15,20H,3,6-7H2,1H3. The zero-order valence-corrected chi connectivity index (χ0v) is 12.0. The monoisotopic (exact) mass is 291 g/mol. The summed E-state index contributed by atoms with van der Waals surface area (Å²) >= 11 is 0. The Bertz CT molecular complexity index is 577. The third-order valence-corrected chi connectivity index (χ3v) is 4.28. The first-order valence-corrected chi connectivity index (χ1v) is 7.34. The van der Waals surface area contributed by atoms with Gasteiger partial charge in [0.05, 0.1) is 6.33 Å². The van der Waals surface area contributed by atoms with Gasteiger partial charge in [-0.3, -0.25) is 0 Å². The number of nitrogens with zero attached hydrogens (tertiary/aromatic N) is 2. The SMILES string of the molecule is CC(NC1CCCC1n1ccnc1)c1c(F)cccc1F. The van der Waals surface area contributed by atoms with E-state index in [0.29, 0.717) is 6.04 Å². The number of imidazole rings is 1. The predicted octanol–water partition coefficient (Wildman–Crippen LogP) is 3.61. The fourth-order valence-corrected chi connectivity index (χ4v) is 3.29. The summed E-state index contributed by atoms with van der Waals surface area (Å²) in [5.41, 5.74) is 0.119. The first-order chi connectivity index (χ1) is 10.2. The normalized spacial score (nSPS) is 23.4. The van der Waals surface area contributed by atoms with Crippen molar-refractivity contribution in [3.05, 3.63) is 54.1 Å². The molecule has 3 atom stereocenters. The number of aromatic nitrogens is 2. The molecule has 2 aromatic rings. The van der Waals surface area contributed by atoms with Crippen molar-refractivity contribution < 1.29 is 8.78 Å². The van der Waals surface area contributed by atoms with Crippen LogP contribution in [0.15, 0.2) is 36.9 Å². The van der Waals surface area contributed by atoms with Gasteiger partial charge in [0.25, 0.3) is 0 Å². The average Bonchev–Trinajstić information content (AvgIpc) is 3.08. The second-order valence-corrected chi connectivity index (χ2v) is 5.64. The Balaban J connectivity index is 1.76. The van der Waals surface area contributed by atoms with Crippen molar-refractivity contribution in [3.63, 3.8) is 0 Å². The van der Waals surface area contributed by atoms with Gasteiger partial charge >= 0.3 is 0 Å². The molecular formula is C16H19F2N3. The van der Waals surface area contributed by atoms with E-state index in [0.717, 1.165) is 19.3 Å². The molecule has 1 aliphatic carbocycles. The molecule has 3 nitrogen and oxygen atoms in total. The average molecular weight is 291 g/mol. The maximum absolute atomic E-state index is 13.9. The Labute approximate surface area is 123 Å².